The van der Waals surface area contributed by atoms with Crippen molar-refractivity contribution in [1.82, 2.24) is 15.1 Å². The topological polar surface area (TPSA) is 204 Å². The number of imide groups is 2. The van der Waals surface area contributed by atoms with Crippen molar-refractivity contribution in [2.24, 2.45) is 5.73 Å². The Kier molecular flexibility index (Phi) is 11.8. The van der Waals surface area contributed by atoms with E-state index in [1.807, 2.05) is 0 Å². The summed E-state index contributed by atoms with van der Waals surface area (Å²) in [4.78, 5) is 85.0. The Labute approximate surface area is 222 Å². The van der Waals surface area contributed by atoms with Gasteiger partial charge in [-0.25, -0.2) is 4.79 Å². The van der Waals surface area contributed by atoms with E-state index in [0.717, 1.165) is 23.5 Å². The standard InChI is InChI=1S/C22H32N4O9S2/c1-12(27)24-14(22(34)35)11-37-16-9-18(29)26(20(16)31)7-5-3-2-4-6-25-17(28)8-15(19(25)30)36-10-13(23)21(32)33/h13-16H,2-11,23H2,1H3,(H,24,27)(H,32,33)(H,34,35)/t13-,14-,15?,16?/m0/s1. The Hall–Kier alpha value is -2.65. The summed E-state index contributed by atoms with van der Waals surface area (Å²) in [6.07, 6.45) is 2.44. The number of nitrogens with one attached hydrogen (secondary N) is 1. The van der Waals surface area contributed by atoms with E-state index in [0.29, 0.717) is 25.7 Å². The predicted molar refractivity (Wildman–Crippen MR) is 134 cm³/mol. The number of amides is 5. The molecule has 37 heavy (non-hydrogen) atoms. The molecule has 206 valence electrons. The third kappa shape index (κ3) is 9.00. The van der Waals surface area contributed by atoms with E-state index in [1.54, 1.807) is 0 Å². The van der Waals surface area contributed by atoms with Gasteiger partial charge in [0, 0.05) is 44.4 Å². The summed E-state index contributed by atoms with van der Waals surface area (Å²) >= 11 is 2.10. The molecule has 0 bridgehead atoms. The van der Waals surface area contributed by atoms with Crippen molar-refractivity contribution < 1.29 is 43.8 Å². The zero-order valence-electron chi connectivity index (χ0n) is 20.4. The Balaban J connectivity index is 1.67. The van der Waals surface area contributed by atoms with Gasteiger partial charge in [-0.2, -0.15) is 0 Å². The molecule has 2 aliphatic rings. The molecule has 0 saturated carbocycles. The molecule has 0 aromatic carbocycles. The molecule has 2 saturated heterocycles. The van der Waals surface area contributed by atoms with Crippen LogP contribution in [0.3, 0.4) is 0 Å². The van der Waals surface area contributed by atoms with Crippen molar-refractivity contribution in [2.45, 2.75) is 68.0 Å². The Morgan fingerprint density at radius 1 is 0.865 bits per heavy atom. The molecule has 2 heterocycles. The molecule has 15 heteroatoms. The number of carbonyl (C=O) groups excluding carboxylic acids is 5. The molecule has 13 nitrogen and oxygen atoms in total. The summed E-state index contributed by atoms with van der Waals surface area (Å²) in [6, 6.07) is -2.25. The first-order valence-corrected chi connectivity index (χ1v) is 13.9. The number of carboxylic acid groups (broad SMARTS) is 2. The van der Waals surface area contributed by atoms with Crippen LogP contribution in [-0.2, 0) is 33.6 Å². The van der Waals surface area contributed by atoms with Gasteiger partial charge in [0.15, 0.2) is 0 Å². The highest BCUT2D eigenvalue weighted by molar-refractivity contribution is 8.01. The van der Waals surface area contributed by atoms with Crippen LogP contribution >= 0.6 is 23.5 Å². The number of carbonyl (C=O) groups is 7. The lowest BCUT2D eigenvalue weighted by Crippen LogP contribution is -2.42. The first-order valence-electron chi connectivity index (χ1n) is 11.8. The van der Waals surface area contributed by atoms with Crippen molar-refractivity contribution in [3.63, 3.8) is 0 Å². The molecule has 0 aliphatic carbocycles. The lowest BCUT2D eigenvalue weighted by Gasteiger charge is -2.17. The smallest absolute Gasteiger partial charge is 0.327 e. The molecule has 5 amide bonds. The van der Waals surface area contributed by atoms with Gasteiger partial charge in [0.1, 0.15) is 12.1 Å². The van der Waals surface area contributed by atoms with Crippen molar-refractivity contribution >= 4 is 65.0 Å². The number of carboxylic acids is 2. The van der Waals surface area contributed by atoms with Crippen molar-refractivity contribution in [3.05, 3.63) is 0 Å². The quantitative estimate of drug-likeness (QED) is 0.136. The highest BCUT2D eigenvalue weighted by Gasteiger charge is 2.40. The number of likely N-dealkylation sites (tertiary alicyclic amines) is 2. The van der Waals surface area contributed by atoms with Crippen molar-refractivity contribution in [3.8, 4) is 0 Å². The molecule has 0 radical (unpaired) electrons. The van der Waals surface area contributed by atoms with Gasteiger partial charge >= 0.3 is 11.9 Å². The molecule has 2 fully saturated rings. The zero-order valence-corrected chi connectivity index (χ0v) is 22.1. The second-order valence-electron chi connectivity index (χ2n) is 8.77. The SMILES string of the molecule is CC(=O)N[C@@H](CSC1CC(=O)N(CCCCCCN2C(=O)CC(SC[C@H](N)C(=O)O)C2=O)C1=O)C(=O)O. The zero-order chi connectivity index (χ0) is 27.7. The van der Waals surface area contributed by atoms with E-state index < -0.39 is 40.4 Å². The second-order valence-corrected chi connectivity index (χ2v) is 11.2. The van der Waals surface area contributed by atoms with E-state index in [1.165, 1.54) is 16.7 Å². The number of aliphatic carboxylic acids is 2. The minimum atomic E-state index is -1.22. The maximum absolute atomic E-state index is 12.6. The minimum absolute atomic E-state index is 0.0201. The van der Waals surface area contributed by atoms with Crippen LogP contribution in [0.4, 0.5) is 0 Å². The maximum atomic E-state index is 12.6. The molecule has 0 spiro atoms. The van der Waals surface area contributed by atoms with Gasteiger partial charge in [-0.05, 0) is 12.8 Å². The minimum Gasteiger partial charge on any atom is -0.480 e. The molecular formula is C22H32N4O9S2. The molecule has 4 atom stereocenters. The van der Waals surface area contributed by atoms with Gasteiger partial charge in [0.05, 0.1) is 10.5 Å². The summed E-state index contributed by atoms with van der Waals surface area (Å²) in [7, 11) is 0. The number of rotatable bonds is 16. The summed E-state index contributed by atoms with van der Waals surface area (Å²) in [5.41, 5.74) is 5.45. The fourth-order valence-electron chi connectivity index (χ4n) is 3.85. The fraction of sp³-hybridized carbons (Fsp3) is 0.682. The lowest BCUT2D eigenvalue weighted by molar-refractivity contribution is -0.141. The molecule has 5 N–H and O–H groups in total. The monoisotopic (exact) mass is 560 g/mol. The highest BCUT2D eigenvalue weighted by Crippen LogP contribution is 2.27. The lowest BCUT2D eigenvalue weighted by atomic mass is 10.2. The Bertz CT molecular complexity index is 932. The van der Waals surface area contributed by atoms with Crippen LogP contribution in [0.5, 0.6) is 0 Å². The summed E-state index contributed by atoms with van der Waals surface area (Å²) in [6.45, 7) is 1.68. The van der Waals surface area contributed by atoms with Crippen molar-refractivity contribution in [2.75, 3.05) is 24.6 Å². The van der Waals surface area contributed by atoms with E-state index in [2.05, 4.69) is 5.32 Å². The van der Waals surface area contributed by atoms with Crippen LogP contribution in [-0.4, -0.2) is 109 Å². The highest BCUT2D eigenvalue weighted by atomic mass is 32.2. The molecule has 0 aromatic rings. The van der Waals surface area contributed by atoms with Gasteiger partial charge in [-0.15, -0.1) is 23.5 Å². The van der Waals surface area contributed by atoms with Crippen LogP contribution in [0.25, 0.3) is 0 Å². The summed E-state index contributed by atoms with van der Waals surface area (Å²) < 4.78 is 0. The Morgan fingerprint density at radius 3 is 1.73 bits per heavy atom. The number of unbranched alkanes of at least 4 members (excludes halogenated alkanes) is 3. The van der Waals surface area contributed by atoms with Crippen LogP contribution in [0.15, 0.2) is 0 Å². The number of nitrogens with two attached hydrogens (primary N) is 1. The molecular weight excluding hydrogens is 528 g/mol. The van der Waals surface area contributed by atoms with Crippen LogP contribution in [0, 0.1) is 0 Å². The number of thioether (sulfide) groups is 2. The Morgan fingerprint density at radius 2 is 1.32 bits per heavy atom. The number of nitrogens with zero attached hydrogens (tertiary/aromatic N) is 2. The molecule has 2 aliphatic heterocycles. The van der Waals surface area contributed by atoms with Gasteiger partial charge in [-0.3, -0.25) is 38.6 Å². The first-order chi connectivity index (χ1) is 17.4. The van der Waals surface area contributed by atoms with Crippen molar-refractivity contribution in [1.29, 1.82) is 0 Å². The average Bonchev–Trinajstić information content (AvgIpc) is 3.25. The van der Waals surface area contributed by atoms with Crippen LogP contribution < -0.4 is 11.1 Å². The van der Waals surface area contributed by atoms with Crippen LogP contribution in [0.1, 0.15) is 45.4 Å². The molecule has 2 unspecified atom stereocenters. The van der Waals surface area contributed by atoms with E-state index in [9.17, 15) is 38.7 Å². The second kappa shape index (κ2) is 14.3. The van der Waals surface area contributed by atoms with E-state index >= 15 is 0 Å². The van der Waals surface area contributed by atoms with Gasteiger partial charge in [0.2, 0.25) is 29.5 Å². The van der Waals surface area contributed by atoms with Gasteiger partial charge in [-0.1, -0.05) is 12.8 Å². The van der Waals surface area contributed by atoms with Gasteiger partial charge in [0.25, 0.3) is 0 Å². The van der Waals surface area contributed by atoms with E-state index in [-0.39, 0.29) is 61.1 Å². The third-order valence-corrected chi connectivity index (χ3v) is 8.47. The first kappa shape index (κ1) is 30.6. The van der Waals surface area contributed by atoms with Gasteiger partial charge < -0.3 is 21.3 Å². The maximum Gasteiger partial charge on any atom is 0.327 e. The largest absolute Gasteiger partial charge is 0.480 e. The normalized spacial score (nSPS) is 21.5. The summed E-state index contributed by atoms with van der Waals surface area (Å²) in [5, 5.41) is 19.0. The average molecular weight is 561 g/mol. The third-order valence-electron chi connectivity index (χ3n) is 5.85. The van der Waals surface area contributed by atoms with E-state index in [4.69, 9.17) is 10.8 Å². The van der Waals surface area contributed by atoms with Crippen LogP contribution in [0.2, 0.25) is 0 Å². The predicted octanol–water partition coefficient (Wildman–Crippen LogP) is -0.731. The fourth-order valence-corrected chi connectivity index (χ4v) is 6.15. The summed E-state index contributed by atoms with van der Waals surface area (Å²) in [5.74, 6) is -4.22. The molecule has 0 aromatic heterocycles. The number of hydrogen-bond donors (Lipinski definition) is 4. The molecule has 2 rings (SSSR count). The number of hydrogen-bond acceptors (Lipinski definition) is 10.